The van der Waals surface area contributed by atoms with Gasteiger partial charge < -0.3 is 29.5 Å². The van der Waals surface area contributed by atoms with E-state index in [1.807, 2.05) is 30.6 Å². The summed E-state index contributed by atoms with van der Waals surface area (Å²) < 4.78 is 26.9. The molecule has 2 saturated heterocycles. The lowest BCUT2D eigenvalue weighted by atomic mass is 10.1. The van der Waals surface area contributed by atoms with Gasteiger partial charge in [-0.25, -0.2) is 19.2 Å². The van der Waals surface area contributed by atoms with E-state index in [2.05, 4.69) is 15.3 Å². The van der Waals surface area contributed by atoms with Gasteiger partial charge in [-0.1, -0.05) is 23.2 Å². The van der Waals surface area contributed by atoms with Crippen LogP contribution in [-0.2, 0) is 9.47 Å². The number of ether oxygens (including phenoxy) is 2. The number of halogens is 3. The molecule has 1 N–H and O–H groups in total. The minimum atomic E-state index is -0.633. The molecule has 1 aromatic heterocycles. The molecule has 2 fully saturated rings. The van der Waals surface area contributed by atoms with Crippen LogP contribution in [0.5, 0.6) is 0 Å². The van der Waals surface area contributed by atoms with E-state index < -0.39 is 23.4 Å². The summed E-state index contributed by atoms with van der Waals surface area (Å²) in [6, 6.07) is 8.97. The average molecular weight is 646 g/mol. The van der Waals surface area contributed by atoms with Crippen LogP contribution in [0.25, 0.3) is 11.3 Å². The van der Waals surface area contributed by atoms with Crippen LogP contribution in [0.1, 0.15) is 37.6 Å². The lowest BCUT2D eigenvalue weighted by Gasteiger charge is -2.29. The Hall–Kier alpha value is -3.67. The number of carbonyl (C=O) groups excluding carboxylic acids is 2. The van der Waals surface area contributed by atoms with Crippen LogP contribution in [0, 0.1) is 5.82 Å². The monoisotopic (exact) mass is 644 g/mol. The van der Waals surface area contributed by atoms with Gasteiger partial charge in [0, 0.05) is 60.6 Å². The Morgan fingerprint density at radius 3 is 2.45 bits per heavy atom. The fourth-order valence-corrected chi connectivity index (χ4v) is 5.70. The number of rotatable bonds is 6. The van der Waals surface area contributed by atoms with Crippen LogP contribution in [0.15, 0.2) is 42.6 Å². The zero-order valence-corrected chi connectivity index (χ0v) is 26.6. The zero-order chi connectivity index (χ0) is 31.6. The van der Waals surface area contributed by atoms with Gasteiger partial charge >= 0.3 is 6.09 Å². The molecule has 0 saturated carbocycles. The number of amides is 2. The van der Waals surface area contributed by atoms with Crippen LogP contribution in [0.4, 0.5) is 26.5 Å². The standard InChI is InChI=1S/C31H35Cl2FN6O4/c1-31(2,3)44-30(42)38(4)22-6-8-40(18-22)27-17-24(34)23(25-5-7-35-29(37-25)39-9-11-43-12-10-39)16-26(27)36-28(41)19-13-20(32)15-21(33)14-19/h5,7,13-17,22H,6,8-12,18H2,1-4H3,(H,36,41). The molecule has 2 aliphatic heterocycles. The summed E-state index contributed by atoms with van der Waals surface area (Å²) in [7, 11) is 1.69. The molecule has 3 heterocycles. The van der Waals surface area contributed by atoms with Gasteiger partial charge in [-0.15, -0.1) is 0 Å². The average Bonchev–Trinajstić information content (AvgIpc) is 3.47. The highest BCUT2D eigenvalue weighted by Gasteiger charge is 2.33. The Labute approximate surface area is 266 Å². The third-order valence-electron chi connectivity index (χ3n) is 7.40. The molecule has 0 aliphatic carbocycles. The minimum Gasteiger partial charge on any atom is -0.444 e. The minimum absolute atomic E-state index is 0.180. The van der Waals surface area contributed by atoms with Crippen LogP contribution >= 0.6 is 23.2 Å². The molecule has 1 atom stereocenters. The first-order chi connectivity index (χ1) is 20.9. The lowest BCUT2D eigenvalue weighted by Crippen LogP contribution is -2.42. The first-order valence-corrected chi connectivity index (χ1v) is 15.1. The quantitative estimate of drug-likeness (QED) is 0.342. The number of nitrogens with one attached hydrogen (secondary N) is 1. The van der Waals surface area contributed by atoms with Gasteiger partial charge in [0.1, 0.15) is 11.4 Å². The van der Waals surface area contributed by atoms with Gasteiger partial charge in [-0.3, -0.25) is 4.79 Å². The van der Waals surface area contributed by atoms with Crippen molar-refractivity contribution in [1.82, 2.24) is 14.9 Å². The lowest BCUT2D eigenvalue weighted by molar-refractivity contribution is 0.0237. The van der Waals surface area contributed by atoms with Gasteiger partial charge in [0.05, 0.1) is 36.3 Å². The molecule has 2 aliphatic rings. The molecule has 0 radical (unpaired) electrons. The van der Waals surface area contributed by atoms with E-state index in [1.54, 1.807) is 30.3 Å². The van der Waals surface area contributed by atoms with E-state index in [0.29, 0.717) is 78.9 Å². The van der Waals surface area contributed by atoms with Gasteiger partial charge in [0.2, 0.25) is 5.95 Å². The van der Waals surface area contributed by atoms with Crippen molar-refractivity contribution in [3.05, 3.63) is 64.0 Å². The molecule has 44 heavy (non-hydrogen) atoms. The number of aromatic nitrogens is 2. The highest BCUT2D eigenvalue weighted by atomic mass is 35.5. The third kappa shape index (κ3) is 7.51. The van der Waals surface area contributed by atoms with Gasteiger partial charge in [0.15, 0.2) is 0 Å². The van der Waals surface area contributed by atoms with Crippen LogP contribution in [0.2, 0.25) is 10.0 Å². The second kappa shape index (κ2) is 13.1. The number of anilines is 3. The van der Waals surface area contributed by atoms with Crippen molar-refractivity contribution in [3.8, 4) is 11.3 Å². The van der Waals surface area contributed by atoms with E-state index in [-0.39, 0.29) is 17.2 Å². The molecule has 0 bridgehead atoms. The maximum absolute atomic E-state index is 15.9. The van der Waals surface area contributed by atoms with E-state index in [4.69, 9.17) is 32.7 Å². The summed E-state index contributed by atoms with van der Waals surface area (Å²) in [5, 5.41) is 3.56. The zero-order valence-electron chi connectivity index (χ0n) is 25.1. The van der Waals surface area contributed by atoms with Gasteiger partial charge in [-0.05, 0) is 63.6 Å². The van der Waals surface area contributed by atoms with Gasteiger partial charge in [-0.2, -0.15) is 0 Å². The molecular weight excluding hydrogens is 610 g/mol. The number of morpholine rings is 1. The van der Waals surface area contributed by atoms with Crippen molar-refractivity contribution < 1.29 is 23.5 Å². The molecule has 13 heteroatoms. The molecular formula is C31H35Cl2FN6O4. The van der Waals surface area contributed by atoms with E-state index >= 15 is 4.39 Å². The van der Waals surface area contributed by atoms with Crippen molar-refractivity contribution in [2.24, 2.45) is 0 Å². The molecule has 10 nitrogen and oxygen atoms in total. The summed E-state index contributed by atoms with van der Waals surface area (Å²) >= 11 is 12.3. The molecule has 5 rings (SSSR count). The predicted octanol–water partition coefficient (Wildman–Crippen LogP) is 6.12. The van der Waals surface area contributed by atoms with E-state index in [9.17, 15) is 9.59 Å². The molecule has 3 aromatic rings. The fraction of sp³-hybridized carbons (Fsp3) is 0.419. The molecule has 2 aromatic carbocycles. The summed E-state index contributed by atoms with van der Waals surface area (Å²) in [5.41, 5.74) is 1.03. The number of nitrogens with zero attached hydrogens (tertiary/aromatic N) is 5. The molecule has 1 unspecified atom stereocenters. The second-order valence-corrected chi connectivity index (χ2v) is 12.7. The Bertz CT molecular complexity index is 1530. The summed E-state index contributed by atoms with van der Waals surface area (Å²) in [4.78, 5) is 40.7. The SMILES string of the molecule is CN(C(=O)OC(C)(C)C)C1CCN(c2cc(F)c(-c3ccnc(N4CCOCC4)n3)cc2NC(=O)c2cc(Cl)cc(Cl)c2)C1. The number of hydrogen-bond donors (Lipinski definition) is 1. The number of hydrogen-bond acceptors (Lipinski definition) is 8. The molecule has 234 valence electrons. The highest BCUT2D eigenvalue weighted by Crippen LogP contribution is 2.37. The maximum Gasteiger partial charge on any atom is 0.410 e. The first-order valence-electron chi connectivity index (χ1n) is 14.4. The largest absolute Gasteiger partial charge is 0.444 e. The van der Waals surface area contributed by atoms with Crippen LogP contribution in [-0.4, -0.2) is 85.0 Å². The third-order valence-corrected chi connectivity index (χ3v) is 7.84. The maximum atomic E-state index is 15.9. The summed E-state index contributed by atoms with van der Waals surface area (Å²) in [6.45, 7) is 8.74. The van der Waals surface area contributed by atoms with Crippen molar-refractivity contribution in [1.29, 1.82) is 0 Å². The summed E-state index contributed by atoms with van der Waals surface area (Å²) in [6.07, 6.45) is 1.78. The Balaban J connectivity index is 1.48. The van der Waals surface area contributed by atoms with Gasteiger partial charge in [0.25, 0.3) is 5.91 Å². The number of carbonyl (C=O) groups is 2. The van der Waals surface area contributed by atoms with Crippen molar-refractivity contribution >= 4 is 52.5 Å². The van der Waals surface area contributed by atoms with Crippen molar-refractivity contribution in [3.63, 3.8) is 0 Å². The second-order valence-electron chi connectivity index (χ2n) is 11.8. The van der Waals surface area contributed by atoms with Crippen LogP contribution < -0.4 is 15.1 Å². The van der Waals surface area contributed by atoms with Crippen molar-refractivity contribution in [2.75, 3.05) is 61.6 Å². The Kier molecular flexibility index (Phi) is 9.48. The summed E-state index contributed by atoms with van der Waals surface area (Å²) in [5.74, 6) is -0.508. The first kappa shape index (κ1) is 31.7. The topological polar surface area (TPSA) is 100 Å². The van der Waals surface area contributed by atoms with Crippen molar-refractivity contribution in [2.45, 2.75) is 38.8 Å². The fourth-order valence-electron chi connectivity index (χ4n) is 5.17. The van der Waals surface area contributed by atoms with E-state index in [0.717, 1.165) is 0 Å². The number of benzene rings is 2. The van der Waals surface area contributed by atoms with E-state index in [1.165, 1.54) is 24.3 Å². The smallest absolute Gasteiger partial charge is 0.410 e. The Morgan fingerprint density at radius 1 is 1.07 bits per heavy atom. The normalized spacial score (nSPS) is 17.0. The number of likely N-dealkylation sites (N-methyl/N-ethyl adjacent to an activating group) is 1. The predicted molar refractivity (Wildman–Crippen MR) is 169 cm³/mol. The molecule has 0 spiro atoms. The van der Waals surface area contributed by atoms with Crippen LogP contribution in [0.3, 0.4) is 0 Å². The highest BCUT2D eigenvalue weighted by molar-refractivity contribution is 6.35. The molecule has 2 amide bonds. The Morgan fingerprint density at radius 2 is 1.77 bits per heavy atom.